The van der Waals surface area contributed by atoms with Crippen LogP contribution in [-0.2, 0) is 9.47 Å². The Morgan fingerprint density at radius 1 is 1.26 bits per heavy atom. The summed E-state index contributed by atoms with van der Waals surface area (Å²) in [7, 11) is 0. The minimum absolute atomic E-state index is 0.0812. The second-order valence-corrected chi connectivity index (χ2v) is 6.80. The van der Waals surface area contributed by atoms with Crippen molar-refractivity contribution in [3.05, 3.63) is 34.7 Å². The van der Waals surface area contributed by atoms with Gasteiger partial charge in [0.05, 0.1) is 18.1 Å². The zero-order valence-electron chi connectivity index (χ0n) is 11.0. The molecule has 0 amide bonds. The molecule has 3 nitrogen and oxygen atoms in total. The quantitative estimate of drug-likeness (QED) is 0.783. The lowest BCUT2D eigenvalue weighted by molar-refractivity contribution is -0.224. The zero-order valence-corrected chi connectivity index (χ0v) is 11.8. The zero-order chi connectivity index (χ0) is 13.5. The molecule has 1 fully saturated rings. The maximum atomic E-state index is 10.8. The number of fused-ring (bicyclic) bond motifs is 1. The van der Waals surface area contributed by atoms with Crippen molar-refractivity contribution in [3.63, 3.8) is 0 Å². The Morgan fingerprint density at radius 3 is 2.68 bits per heavy atom. The summed E-state index contributed by atoms with van der Waals surface area (Å²) < 4.78 is 12.7. The van der Waals surface area contributed by atoms with Crippen LogP contribution < -0.4 is 0 Å². The van der Waals surface area contributed by atoms with E-state index in [1.54, 1.807) is 11.3 Å². The summed E-state index contributed by atoms with van der Waals surface area (Å²) in [5.74, 6) is 0. The van der Waals surface area contributed by atoms with Crippen LogP contribution in [0, 0.1) is 5.41 Å². The highest BCUT2D eigenvalue weighted by molar-refractivity contribution is 7.19. The van der Waals surface area contributed by atoms with Crippen LogP contribution in [0.1, 0.15) is 35.4 Å². The van der Waals surface area contributed by atoms with E-state index >= 15 is 0 Å². The van der Waals surface area contributed by atoms with Gasteiger partial charge in [-0.2, -0.15) is 0 Å². The average Bonchev–Trinajstić information content (AvgIpc) is 2.81. The van der Waals surface area contributed by atoms with Crippen molar-refractivity contribution in [2.24, 2.45) is 5.41 Å². The molecule has 2 heterocycles. The van der Waals surface area contributed by atoms with E-state index in [2.05, 4.69) is 19.9 Å². The summed E-state index contributed by atoms with van der Waals surface area (Å²) in [6, 6.07) is 7.78. The van der Waals surface area contributed by atoms with E-state index in [0.717, 1.165) is 21.2 Å². The van der Waals surface area contributed by atoms with E-state index in [9.17, 15) is 4.79 Å². The molecule has 2 aromatic rings. The van der Waals surface area contributed by atoms with Gasteiger partial charge in [-0.05, 0) is 17.5 Å². The van der Waals surface area contributed by atoms with Gasteiger partial charge in [0, 0.05) is 15.7 Å². The van der Waals surface area contributed by atoms with E-state index in [1.807, 2.05) is 18.2 Å². The van der Waals surface area contributed by atoms with Gasteiger partial charge in [0.1, 0.15) is 6.29 Å². The molecule has 100 valence electrons. The number of benzene rings is 1. The fourth-order valence-corrected chi connectivity index (χ4v) is 3.23. The molecule has 0 atom stereocenters. The molecule has 1 aliphatic heterocycles. The van der Waals surface area contributed by atoms with Crippen LogP contribution in [0.4, 0.5) is 0 Å². The third-order valence-corrected chi connectivity index (χ3v) is 4.30. The highest BCUT2D eigenvalue weighted by Gasteiger charge is 2.30. The van der Waals surface area contributed by atoms with Crippen molar-refractivity contribution in [2.75, 3.05) is 13.2 Å². The Balaban J connectivity index is 1.87. The van der Waals surface area contributed by atoms with E-state index in [-0.39, 0.29) is 11.7 Å². The molecule has 1 aliphatic rings. The fourth-order valence-electron chi connectivity index (χ4n) is 2.11. The Bertz CT molecular complexity index is 605. The standard InChI is InChI=1S/C15H16O3S/c1-15(2)8-17-14(18-9-15)13-6-11-4-3-10(7-16)5-12(11)19-13/h3-7,14H,8-9H2,1-2H3. The van der Waals surface area contributed by atoms with Crippen LogP contribution in [0.5, 0.6) is 0 Å². The first-order valence-electron chi connectivity index (χ1n) is 6.29. The second kappa shape index (κ2) is 4.71. The lowest BCUT2D eigenvalue weighted by Gasteiger charge is -2.34. The molecule has 0 N–H and O–H groups in total. The summed E-state index contributed by atoms with van der Waals surface area (Å²) in [4.78, 5) is 11.8. The molecule has 1 saturated heterocycles. The number of carbonyl (C=O) groups excluding carboxylic acids is 1. The maximum absolute atomic E-state index is 10.8. The van der Waals surface area contributed by atoms with Crippen LogP contribution in [0.3, 0.4) is 0 Å². The van der Waals surface area contributed by atoms with E-state index in [4.69, 9.17) is 9.47 Å². The molecule has 0 bridgehead atoms. The van der Waals surface area contributed by atoms with Crippen molar-refractivity contribution in [2.45, 2.75) is 20.1 Å². The van der Waals surface area contributed by atoms with Crippen LogP contribution in [0.2, 0.25) is 0 Å². The van der Waals surface area contributed by atoms with Crippen LogP contribution in [-0.4, -0.2) is 19.5 Å². The minimum Gasteiger partial charge on any atom is -0.347 e. The first-order valence-corrected chi connectivity index (χ1v) is 7.11. The van der Waals surface area contributed by atoms with Crippen molar-refractivity contribution in [1.82, 2.24) is 0 Å². The second-order valence-electron chi connectivity index (χ2n) is 5.68. The van der Waals surface area contributed by atoms with Gasteiger partial charge >= 0.3 is 0 Å². The molecular formula is C15H16O3S. The summed E-state index contributed by atoms with van der Waals surface area (Å²) in [5.41, 5.74) is 0.783. The number of hydrogen-bond donors (Lipinski definition) is 0. The summed E-state index contributed by atoms with van der Waals surface area (Å²) >= 11 is 1.62. The molecule has 0 radical (unpaired) electrons. The largest absolute Gasteiger partial charge is 0.347 e. The molecule has 1 aromatic heterocycles. The molecule has 0 aliphatic carbocycles. The Hall–Kier alpha value is -1.23. The normalized spacial score (nSPS) is 19.7. The number of rotatable bonds is 2. The summed E-state index contributed by atoms with van der Waals surface area (Å²) in [5, 5.41) is 1.13. The molecule has 0 spiro atoms. The van der Waals surface area contributed by atoms with Crippen molar-refractivity contribution >= 4 is 27.7 Å². The maximum Gasteiger partial charge on any atom is 0.193 e. The van der Waals surface area contributed by atoms with Gasteiger partial charge in [-0.3, -0.25) is 4.79 Å². The Morgan fingerprint density at radius 2 is 2.00 bits per heavy atom. The SMILES string of the molecule is CC1(C)COC(c2cc3ccc(C=O)cc3s2)OC1. The lowest BCUT2D eigenvalue weighted by atomic mass is 9.95. The summed E-state index contributed by atoms with van der Waals surface area (Å²) in [6.07, 6.45) is 0.597. The van der Waals surface area contributed by atoms with Crippen LogP contribution in [0.15, 0.2) is 24.3 Å². The molecule has 0 unspecified atom stereocenters. The molecule has 19 heavy (non-hydrogen) atoms. The monoisotopic (exact) mass is 276 g/mol. The first kappa shape index (κ1) is 12.8. The van der Waals surface area contributed by atoms with E-state index < -0.39 is 0 Å². The number of aldehydes is 1. The van der Waals surface area contributed by atoms with E-state index in [1.165, 1.54) is 0 Å². The minimum atomic E-state index is -0.273. The van der Waals surface area contributed by atoms with Gasteiger partial charge < -0.3 is 9.47 Å². The number of ether oxygens (including phenoxy) is 2. The van der Waals surface area contributed by atoms with Gasteiger partial charge in [0.25, 0.3) is 0 Å². The highest BCUT2D eigenvalue weighted by atomic mass is 32.1. The van der Waals surface area contributed by atoms with Crippen LogP contribution >= 0.6 is 11.3 Å². The topological polar surface area (TPSA) is 35.5 Å². The van der Waals surface area contributed by atoms with Crippen molar-refractivity contribution in [1.29, 1.82) is 0 Å². The molecule has 1 aromatic carbocycles. The predicted octanol–water partition coefficient (Wildman–Crippen LogP) is 3.79. The predicted molar refractivity (Wildman–Crippen MR) is 75.6 cm³/mol. The van der Waals surface area contributed by atoms with Gasteiger partial charge in [-0.25, -0.2) is 0 Å². The third kappa shape index (κ3) is 2.56. The van der Waals surface area contributed by atoms with Gasteiger partial charge in [0.15, 0.2) is 6.29 Å². The highest BCUT2D eigenvalue weighted by Crippen LogP contribution is 2.37. The lowest BCUT2D eigenvalue weighted by Crippen LogP contribution is -2.33. The smallest absolute Gasteiger partial charge is 0.193 e. The molecule has 0 saturated carbocycles. The van der Waals surface area contributed by atoms with Gasteiger partial charge in [-0.1, -0.05) is 26.0 Å². The average molecular weight is 276 g/mol. The van der Waals surface area contributed by atoms with Gasteiger partial charge in [0.2, 0.25) is 0 Å². The molecule has 4 heteroatoms. The number of hydrogen-bond acceptors (Lipinski definition) is 4. The van der Waals surface area contributed by atoms with Crippen molar-refractivity contribution in [3.8, 4) is 0 Å². The Labute approximate surface area is 116 Å². The number of carbonyl (C=O) groups is 1. The Kier molecular flexibility index (Phi) is 3.17. The summed E-state index contributed by atoms with van der Waals surface area (Å²) in [6.45, 7) is 5.66. The number of thiophene rings is 1. The molecule has 3 rings (SSSR count). The third-order valence-electron chi connectivity index (χ3n) is 3.18. The van der Waals surface area contributed by atoms with Crippen LogP contribution in [0.25, 0.3) is 10.1 Å². The van der Waals surface area contributed by atoms with Gasteiger partial charge in [-0.15, -0.1) is 11.3 Å². The fraction of sp³-hybridized carbons (Fsp3) is 0.400. The first-order chi connectivity index (χ1) is 9.07. The molecular weight excluding hydrogens is 260 g/mol. The van der Waals surface area contributed by atoms with Crippen molar-refractivity contribution < 1.29 is 14.3 Å². The van der Waals surface area contributed by atoms with E-state index in [0.29, 0.717) is 18.8 Å².